The van der Waals surface area contributed by atoms with Gasteiger partial charge in [0.25, 0.3) is 0 Å². The summed E-state index contributed by atoms with van der Waals surface area (Å²) in [5.74, 6) is 20.9. The van der Waals surface area contributed by atoms with Crippen molar-refractivity contribution in [2.45, 2.75) is 52.4 Å². The lowest BCUT2D eigenvalue weighted by Crippen LogP contribution is -1.94. The zero-order valence-corrected chi connectivity index (χ0v) is 23.0. The number of allylic oxidation sites excluding steroid dienone is 2. The maximum absolute atomic E-state index is 5.57. The Morgan fingerprint density at radius 1 is 0.711 bits per heavy atom. The van der Waals surface area contributed by atoms with E-state index in [2.05, 4.69) is 79.7 Å². The quantitative estimate of drug-likeness (QED) is 0.228. The SMILES string of the molecule is CCCCC#C/C=C\c1cc(OC)c(OC)cc1C#Cc1c(/C=C\C#CCCCC)ccc2ccccc12. The monoisotopic (exact) mass is 500 g/mol. The number of fused-ring (bicyclic) bond motifs is 1. The van der Waals surface area contributed by atoms with Crippen molar-refractivity contribution >= 4 is 22.9 Å². The van der Waals surface area contributed by atoms with Gasteiger partial charge in [0, 0.05) is 30.0 Å². The fraction of sp³-hybridized carbons (Fsp3) is 0.278. The highest BCUT2D eigenvalue weighted by Crippen LogP contribution is 2.31. The van der Waals surface area contributed by atoms with Crippen molar-refractivity contribution in [1.29, 1.82) is 0 Å². The van der Waals surface area contributed by atoms with Crippen LogP contribution in [-0.2, 0) is 0 Å². The van der Waals surface area contributed by atoms with Gasteiger partial charge in [-0.3, -0.25) is 0 Å². The second-order valence-corrected chi connectivity index (χ2v) is 8.81. The second kappa shape index (κ2) is 15.7. The van der Waals surface area contributed by atoms with Gasteiger partial charge in [-0.25, -0.2) is 0 Å². The molecule has 0 aliphatic rings. The molecular formula is C36H36O2. The van der Waals surface area contributed by atoms with Crippen molar-refractivity contribution in [3.05, 3.63) is 82.9 Å². The molecule has 0 aromatic heterocycles. The van der Waals surface area contributed by atoms with Crippen LogP contribution < -0.4 is 9.47 Å². The maximum Gasteiger partial charge on any atom is 0.162 e. The first-order valence-electron chi connectivity index (χ1n) is 13.3. The van der Waals surface area contributed by atoms with Crippen molar-refractivity contribution in [2.24, 2.45) is 0 Å². The van der Waals surface area contributed by atoms with Crippen molar-refractivity contribution in [3.63, 3.8) is 0 Å². The van der Waals surface area contributed by atoms with E-state index in [-0.39, 0.29) is 0 Å². The summed E-state index contributed by atoms with van der Waals surface area (Å²) in [7, 11) is 3.28. The first kappa shape index (κ1) is 28.3. The molecule has 0 saturated carbocycles. The van der Waals surface area contributed by atoms with Gasteiger partial charge >= 0.3 is 0 Å². The predicted molar refractivity (Wildman–Crippen MR) is 162 cm³/mol. The third kappa shape index (κ3) is 8.10. The van der Waals surface area contributed by atoms with Crippen LogP contribution in [0, 0.1) is 35.5 Å². The number of hydrogen-bond acceptors (Lipinski definition) is 2. The zero-order chi connectivity index (χ0) is 27.0. The van der Waals surface area contributed by atoms with Crippen LogP contribution in [0.15, 0.2) is 60.7 Å². The van der Waals surface area contributed by atoms with E-state index >= 15 is 0 Å². The molecule has 0 saturated heterocycles. The Labute approximate surface area is 228 Å². The van der Waals surface area contributed by atoms with E-state index in [0.29, 0.717) is 11.5 Å². The smallest absolute Gasteiger partial charge is 0.162 e. The molecule has 192 valence electrons. The largest absolute Gasteiger partial charge is 0.493 e. The highest BCUT2D eigenvalue weighted by molar-refractivity contribution is 5.92. The minimum absolute atomic E-state index is 0.642. The van der Waals surface area contributed by atoms with Gasteiger partial charge in [0.2, 0.25) is 0 Å². The third-order valence-electron chi connectivity index (χ3n) is 6.05. The Hall–Kier alpha value is -4.32. The van der Waals surface area contributed by atoms with E-state index in [1.165, 1.54) is 0 Å². The maximum atomic E-state index is 5.57. The van der Waals surface area contributed by atoms with Gasteiger partial charge in [0.1, 0.15) is 0 Å². The number of hydrogen-bond donors (Lipinski definition) is 0. The fourth-order valence-corrected chi connectivity index (χ4v) is 3.89. The van der Waals surface area contributed by atoms with E-state index < -0.39 is 0 Å². The third-order valence-corrected chi connectivity index (χ3v) is 6.05. The lowest BCUT2D eigenvalue weighted by atomic mass is 9.98. The Morgan fingerprint density at radius 3 is 2.00 bits per heavy atom. The molecule has 0 unspecified atom stereocenters. The standard InChI is InChI=1S/C36H36O2/c1-5-7-9-11-13-15-19-30-24-23-29-20-17-18-22-33(29)34(30)26-25-32-28-36(38-4)35(37-3)27-31(32)21-16-14-12-10-8-6-2/h15-24,27-28H,5-10H2,1-4H3/b19-15-,21-16-. The highest BCUT2D eigenvalue weighted by Gasteiger charge is 2.09. The summed E-state index contributed by atoms with van der Waals surface area (Å²) in [6.07, 6.45) is 14.2. The minimum Gasteiger partial charge on any atom is -0.493 e. The Bertz CT molecular complexity index is 1470. The summed E-state index contributed by atoms with van der Waals surface area (Å²) >= 11 is 0. The van der Waals surface area contributed by atoms with Gasteiger partial charge < -0.3 is 9.47 Å². The molecule has 0 fully saturated rings. The second-order valence-electron chi connectivity index (χ2n) is 8.81. The Morgan fingerprint density at radius 2 is 1.34 bits per heavy atom. The van der Waals surface area contributed by atoms with Crippen LogP contribution >= 0.6 is 0 Å². The molecular weight excluding hydrogens is 464 g/mol. The number of methoxy groups -OCH3 is 2. The number of unbranched alkanes of at least 4 members (excludes halogenated alkanes) is 4. The summed E-state index contributed by atoms with van der Waals surface area (Å²) < 4.78 is 11.1. The topological polar surface area (TPSA) is 18.5 Å². The van der Waals surface area contributed by atoms with Gasteiger partial charge in [0.15, 0.2) is 11.5 Å². The summed E-state index contributed by atoms with van der Waals surface area (Å²) in [6.45, 7) is 4.35. The molecule has 0 aliphatic carbocycles. The summed E-state index contributed by atoms with van der Waals surface area (Å²) in [4.78, 5) is 0. The lowest BCUT2D eigenvalue weighted by Gasteiger charge is -2.10. The van der Waals surface area contributed by atoms with Gasteiger partial charge in [0.05, 0.1) is 14.2 Å². The van der Waals surface area contributed by atoms with Crippen molar-refractivity contribution in [1.82, 2.24) is 0 Å². The normalized spacial score (nSPS) is 10.4. The molecule has 0 bridgehead atoms. The molecule has 0 N–H and O–H groups in total. The first-order valence-corrected chi connectivity index (χ1v) is 13.3. The average Bonchev–Trinajstić information content (AvgIpc) is 2.95. The van der Waals surface area contributed by atoms with Gasteiger partial charge in [-0.05, 0) is 65.1 Å². The van der Waals surface area contributed by atoms with Crippen LogP contribution in [0.4, 0.5) is 0 Å². The van der Waals surface area contributed by atoms with E-state index in [4.69, 9.17) is 9.47 Å². The van der Waals surface area contributed by atoms with Crippen LogP contribution in [0.5, 0.6) is 11.5 Å². The van der Waals surface area contributed by atoms with Crippen LogP contribution in [-0.4, -0.2) is 14.2 Å². The van der Waals surface area contributed by atoms with Gasteiger partial charge in [-0.1, -0.05) is 98.6 Å². The number of rotatable bonds is 8. The molecule has 0 radical (unpaired) electrons. The van der Waals surface area contributed by atoms with Crippen molar-refractivity contribution in [2.75, 3.05) is 14.2 Å². The Kier molecular flexibility index (Phi) is 11.7. The molecule has 0 amide bonds. The number of benzene rings is 3. The summed E-state index contributed by atoms with van der Waals surface area (Å²) in [5.41, 5.74) is 3.79. The summed E-state index contributed by atoms with van der Waals surface area (Å²) in [6, 6.07) is 16.4. The molecule has 0 atom stereocenters. The molecule has 0 spiro atoms. The molecule has 3 aromatic rings. The zero-order valence-electron chi connectivity index (χ0n) is 23.0. The molecule has 2 heteroatoms. The Balaban J connectivity index is 2.07. The highest BCUT2D eigenvalue weighted by atomic mass is 16.5. The van der Waals surface area contributed by atoms with Crippen LogP contribution in [0.3, 0.4) is 0 Å². The van der Waals surface area contributed by atoms with E-state index in [9.17, 15) is 0 Å². The molecule has 2 nitrogen and oxygen atoms in total. The van der Waals surface area contributed by atoms with Crippen LogP contribution in [0.25, 0.3) is 22.9 Å². The molecule has 38 heavy (non-hydrogen) atoms. The van der Waals surface area contributed by atoms with Crippen molar-refractivity contribution < 1.29 is 9.47 Å². The van der Waals surface area contributed by atoms with E-state index in [0.717, 1.165) is 71.6 Å². The average molecular weight is 501 g/mol. The number of ether oxygens (including phenoxy) is 2. The first-order chi connectivity index (χ1) is 18.7. The fourth-order valence-electron chi connectivity index (χ4n) is 3.89. The van der Waals surface area contributed by atoms with Crippen LogP contribution in [0.2, 0.25) is 0 Å². The van der Waals surface area contributed by atoms with Gasteiger partial charge in [-0.15, -0.1) is 0 Å². The molecule has 3 aromatic carbocycles. The summed E-state index contributed by atoms with van der Waals surface area (Å²) in [5, 5.41) is 2.26. The molecule has 0 heterocycles. The minimum atomic E-state index is 0.642. The van der Waals surface area contributed by atoms with E-state index in [1.54, 1.807) is 14.2 Å². The molecule has 3 rings (SSSR count). The molecule has 0 aliphatic heterocycles. The van der Waals surface area contributed by atoms with E-state index in [1.807, 2.05) is 42.5 Å². The van der Waals surface area contributed by atoms with Gasteiger partial charge in [-0.2, -0.15) is 0 Å². The predicted octanol–water partition coefficient (Wildman–Crippen LogP) is 8.67. The van der Waals surface area contributed by atoms with Crippen LogP contribution in [0.1, 0.15) is 74.6 Å². The lowest BCUT2D eigenvalue weighted by molar-refractivity contribution is 0.355. The van der Waals surface area contributed by atoms with Crippen molar-refractivity contribution in [3.8, 4) is 47.0 Å².